The second-order valence-corrected chi connectivity index (χ2v) is 5.07. The van der Waals surface area contributed by atoms with E-state index in [4.69, 9.17) is 17.3 Å². The number of halogens is 2. The maximum atomic E-state index is 5.98. The number of rotatable bonds is 1. The number of hydrogen-bond donors (Lipinski definition) is 1. The third-order valence-corrected chi connectivity index (χ3v) is 4.17. The van der Waals surface area contributed by atoms with Crippen molar-refractivity contribution in [2.45, 2.75) is 5.88 Å². The van der Waals surface area contributed by atoms with Crippen LogP contribution in [-0.4, -0.2) is 0 Å². The van der Waals surface area contributed by atoms with E-state index in [0.717, 1.165) is 20.2 Å². The van der Waals surface area contributed by atoms with Crippen molar-refractivity contribution in [2.75, 3.05) is 5.73 Å². The molecule has 1 nitrogen and oxygen atoms in total. The molecule has 0 amide bonds. The molecule has 0 fully saturated rings. The predicted octanol–water partition coefficient (Wildman–Crippen LogP) is 3.83. The van der Waals surface area contributed by atoms with E-state index in [1.165, 1.54) is 4.70 Å². The van der Waals surface area contributed by atoms with Crippen LogP contribution < -0.4 is 5.73 Å². The average Bonchev–Trinajstić information content (AvgIpc) is 2.55. The molecule has 68 valence electrons. The first-order valence-electron chi connectivity index (χ1n) is 3.74. The molecule has 13 heavy (non-hydrogen) atoms. The third kappa shape index (κ3) is 1.53. The Bertz CT molecular complexity index is 452. The zero-order valence-corrected chi connectivity index (χ0v) is 10.4. The van der Waals surface area contributed by atoms with E-state index < -0.39 is 0 Å². The topological polar surface area (TPSA) is 26.0 Å². The predicted molar refractivity (Wildman–Crippen MR) is 68.5 cm³/mol. The summed E-state index contributed by atoms with van der Waals surface area (Å²) >= 11 is 9.75. The molecule has 0 saturated heterocycles. The number of alkyl halides is 1. The molecule has 2 rings (SSSR count). The lowest BCUT2D eigenvalue weighted by molar-refractivity contribution is 1.49. The number of nitrogens with two attached hydrogens (primary N) is 1. The summed E-state index contributed by atoms with van der Waals surface area (Å²) in [7, 11) is 0. The molecule has 4 heteroatoms. The molecule has 0 bridgehead atoms. The normalized spacial score (nSPS) is 10.9. The summed E-state index contributed by atoms with van der Waals surface area (Å²) in [5, 5.41) is 3.20. The highest BCUT2D eigenvalue weighted by atomic mass is 127. The van der Waals surface area contributed by atoms with Crippen molar-refractivity contribution in [3.05, 3.63) is 26.6 Å². The van der Waals surface area contributed by atoms with Gasteiger partial charge in [0.2, 0.25) is 0 Å². The standard InChI is InChI=1S/C9H7ClINS/c10-3-5-4-13-7-2-1-6(11)9(12)8(5)7/h1-2,4H,3,12H2. The zero-order chi connectivity index (χ0) is 9.42. The molecule has 0 unspecified atom stereocenters. The molecule has 0 aliphatic heterocycles. The van der Waals surface area contributed by atoms with E-state index >= 15 is 0 Å². The van der Waals surface area contributed by atoms with Gasteiger partial charge in [-0.15, -0.1) is 22.9 Å². The summed E-state index contributed by atoms with van der Waals surface area (Å²) in [5.74, 6) is 0.532. The number of benzene rings is 1. The maximum Gasteiger partial charge on any atom is 0.0541 e. The fourth-order valence-electron chi connectivity index (χ4n) is 1.30. The van der Waals surface area contributed by atoms with Gasteiger partial charge in [0.15, 0.2) is 0 Å². The minimum absolute atomic E-state index is 0.532. The number of nitrogen functional groups attached to an aromatic ring is 1. The third-order valence-electron chi connectivity index (χ3n) is 1.95. The van der Waals surface area contributed by atoms with Crippen LogP contribution >= 0.6 is 45.5 Å². The Hall–Kier alpha value is -0.0000000000000000833. The molecule has 2 N–H and O–H groups in total. The first kappa shape index (κ1) is 9.55. The summed E-state index contributed by atoms with van der Waals surface area (Å²) in [6.07, 6.45) is 0. The molecule has 0 aliphatic carbocycles. The van der Waals surface area contributed by atoms with E-state index in [1.54, 1.807) is 11.3 Å². The highest BCUT2D eigenvalue weighted by Gasteiger charge is 2.08. The van der Waals surface area contributed by atoms with Crippen molar-refractivity contribution < 1.29 is 0 Å². The largest absolute Gasteiger partial charge is 0.397 e. The summed E-state index contributed by atoms with van der Waals surface area (Å²) in [6.45, 7) is 0. The van der Waals surface area contributed by atoms with Crippen LogP contribution in [0.2, 0.25) is 0 Å². The highest BCUT2D eigenvalue weighted by molar-refractivity contribution is 14.1. The molecule has 0 spiro atoms. The molecular formula is C9H7ClINS. The van der Waals surface area contributed by atoms with Gasteiger partial charge in [-0.1, -0.05) is 0 Å². The van der Waals surface area contributed by atoms with Gasteiger partial charge in [0, 0.05) is 19.5 Å². The molecule has 2 aromatic rings. The Morgan fingerprint density at radius 1 is 1.46 bits per heavy atom. The molecular weight excluding hydrogens is 317 g/mol. The number of anilines is 1. The SMILES string of the molecule is Nc1c(I)ccc2scc(CCl)c12. The fraction of sp³-hybridized carbons (Fsp3) is 0.111. The number of fused-ring (bicyclic) bond motifs is 1. The number of thiophene rings is 1. The molecule has 0 radical (unpaired) electrons. The van der Waals surface area contributed by atoms with Gasteiger partial charge >= 0.3 is 0 Å². The summed E-state index contributed by atoms with van der Waals surface area (Å²) in [5.41, 5.74) is 7.97. The van der Waals surface area contributed by atoms with Crippen LogP contribution in [-0.2, 0) is 5.88 Å². The monoisotopic (exact) mass is 323 g/mol. The van der Waals surface area contributed by atoms with E-state index in [0.29, 0.717) is 5.88 Å². The van der Waals surface area contributed by atoms with Gasteiger partial charge in [-0.3, -0.25) is 0 Å². The lowest BCUT2D eigenvalue weighted by atomic mass is 10.1. The van der Waals surface area contributed by atoms with Gasteiger partial charge in [-0.2, -0.15) is 0 Å². The Morgan fingerprint density at radius 2 is 2.23 bits per heavy atom. The molecule has 0 aliphatic rings. The van der Waals surface area contributed by atoms with Crippen LogP contribution in [0.1, 0.15) is 5.56 Å². The number of hydrogen-bond acceptors (Lipinski definition) is 2. The van der Waals surface area contributed by atoms with Crippen LogP contribution in [0.3, 0.4) is 0 Å². The van der Waals surface area contributed by atoms with Crippen molar-refractivity contribution in [1.82, 2.24) is 0 Å². The first-order chi connectivity index (χ1) is 6.24. The molecule has 1 aromatic heterocycles. The molecule has 1 aromatic carbocycles. The summed E-state index contributed by atoms with van der Waals surface area (Å²) < 4.78 is 2.31. The van der Waals surface area contributed by atoms with E-state index in [1.807, 2.05) is 6.07 Å². The van der Waals surface area contributed by atoms with E-state index in [9.17, 15) is 0 Å². The van der Waals surface area contributed by atoms with Gasteiger partial charge in [-0.25, -0.2) is 0 Å². The lowest BCUT2D eigenvalue weighted by Gasteiger charge is -2.01. The first-order valence-corrected chi connectivity index (χ1v) is 6.23. The Labute approximate surface area is 99.0 Å². The van der Waals surface area contributed by atoms with Gasteiger partial charge in [-0.05, 0) is 45.7 Å². The van der Waals surface area contributed by atoms with E-state index in [-0.39, 0.29) is 0 Å². The van der Waals surface area contributed by atoms with Gasteiger partial charge in [0.25, 0.3) is 0 Å². The van der Waals surface area contributed by atoms with Gasteiger partial charge in [0.05, 0.1) is 5.69 Å². The van der Waals surface area contributed by atoms with E-state index in [2.05, 4.69) is 34.0 Å². The Kier molecular flexibility index (Phi) is 2.67. The highest BCUT2D eigenvalue weighted by Crippen LogP contribution is 2.34. The second kappa shape index (κ2) is 3.63. The second-order valence-electron chi connectivity index (χ2n) is 2.73. The van der Waals surface area contributed by atoms with Crippen LogP contribution in [0.4, 0.5) is 5.69 Å². The smallest absolute Gasteiger partial charge is 0.0541 e. The summed E-state index contributed by atoms with van der Waals surface area (Å²) in [4.78, 5) is 0. The van der Waals surface area contributed by atoms with Crippen molar-refractivity contribution in [3.8, 4) is 0 Å². The van der Waals surface area contributed by atoms with Crippen LogP contribution in [0.25, 0.3) is 10.1 Å². The molecule has 0 saturated carbocycles. The minimum Gasteiger partial charge on any atom is -0.397 e. The summed E-state index contributed by atoms with van der Waals surface area (Å²) in [6, 6.07) is 4.13. The van der Waals surface area contributed by atoms with Crippen molar-refractivity contribution in [1.29, 1.82) is 0 Å². The Morgan fingerprint density at radius 3 is 2.92 bits per heavy atom. The molecule has 1 heterocycles. The van der Waals surface area contributed by atoms with Crippen LogP contribution in [0.15, 0.2) is 17.5 Å². The van der Waals surface area contributed by atoms with Crippen molar-refractivity contribution >= 4 is 61.3 Å². The van der Waals surface area contributed by atoms with Crippen LogP contribution in [0, 0.1) is 3.57 Å². The average molecular weight is 324 g/mol. The lowest BCUT2D eigenvalue weighted by Crippen LogP contribution is -1.90. The zero-order valence-electron chi connectivity index (χ0n) is 6.68. The Balaban J connectivity index is 2.85. The fourth-order valence-corrected chi connectivity index (χ4v) is 3.02. The van der Waals surface area contributed by atoms with Gasteiger partial charge < -0.3 is 5.73 Å². The van der Waals surface area contributed by atoms with Crippen molar-refractivity contribution in [2.24, 2.45) is 0 Å². The quantitative estimate of drug-likeness (QED) is 0.482. The van der Waals surface area contributed by atoms with Gasteiger partial charge in [0.1, 0.15) is 0 Å². The van der Waals surface area contributed by atoms with Crippen LogP contribution in [0.5, 0.6) is 0 Å². The minimum atomic E-state index is 0.532. The maximum absolute atomic E-state index is 5.98. The van der Waals surface area contributed by atoms with Crippen molar-refractivity contribution in [3.63, 3.8) is 0 Å². The molecule has 0 atom stereocenters.